The minimum absolute atomic E-state index is 0.162. The lowest BCUT2D eigenvalue weighted by atomic mass is 9.80. The highest BCUT2D eigenvalue weighted by Crippen LogP contribution is 2.30. The van der Waals surface area contributed by atoms with Crippen molar-refractivity contribution in [3.05, 3.63) is 0 Å². The average Bonchev–Trinajstić information content (AvgIpc) is 2.29. The summed E-state index contributed by atoms with van der Waals surface area (Å²) >= 11 is 0. The van der Waals surface area contributed by atoms with E-state index in [4.69, 9.17) is 5.73 Å². The van der Waals surface area contributed by atoms with E-state index in [1.54, 1.807) is 0 Å². The fraction of sp³-hybridized carbons (Fsp3) is 1.00. The first-order chi connectivity index (χ1) is 8.11. The molecule has 1 aliphatic carbocycles. The first kappa shape index (κ1) is 13.4. The van der Waals surface area contributed by atoms with Crippen molar-refractivity contribution < 1.29 is 0 Å². The lowest BCUT2D eigenvalue weighted by Gasteiger charge is -2.42. The Morgan fingerprint density at radius 2 is 1.59 bits per heavy atom. The highest BCUT2D eigenvalue weighted by Gasteiger charge is 2.30. The second-order valence-electron chi connectivity index (χ2n) is 6.54. The summed E-state index contributed by atoms with van der Waals surface area (Å²) in [6, 6.07) is 1.54. The van der Waals surface area contributed by atoms with E-state index in [1.165, 1.54) is 64.3 Å². The third-order valence-electron chi connectivity index (χ3n) is 5.09. The molecule has 0 bridgehead atoms. The summed E-state index contributed by atoms with van der Waals surface area (Å²) in [5.74, 6) is 0. The molecule has 2 atom stereocenters. The summed E-state index contributed by atoms with van der Waals surface area (Å²) in [4.78, 5) is 2.70. The van der Waals surface area contributed by atoms with Gasteiger partial charge >= 0.3 is 0 Å². The molecule has 0 aromatic carbocycles. The van der Waals surface area contributed by atoms with Gasteiger partial charge < -0.3 is 5.73 Å². The molecule has 0 radical (unpaired) electrons. The van der Waals surface area contributed by atoms with Crippen LogP contribution < -0.4 is 5.73 Å². The van der Waals surface area contributed by atoms with Crippen molar-refractivity contribution in [1.29, 1.82) is 0 Å². The van der Waals surface area contributed by atoms with E-state index in [9.17, 15) is 0 Å². The Morgan fingerprint density at radius 3 is 2.18 bits per heavy atom. The van der Waals surface area contributed by atoms with E-state index in [0.717, 1.165) is 12.1 Å². The van der Waals surface area contributed by atoms with Crippen LogP contribution in [0.1, 0.15) is 71.6 Å². The molecule has 0 aromatic heterocycles. The van der Waals surface area contributed by atoms with E-state index >= 15 is 0 Å². The summed E-state index contributed by atoms with van der Waals surface area (Å²) in [5.41, 5.74) is 6.70. The maximum atomic E-state index is 6.54. The highest BCUT2D eigenvalue weighted by atomic mass is 15.2. The van der Waals surface area contributed by atoms with Crippen molar-refractivity contribution in [2.75, 3.05) is 6.54 Å². The molecule has 1 saturated carbocycles. The molecule has 1 aliphatic heterocycles. The van der Waals surface area contributed by atoms with Gasteiger partial charge in [-0.1, -0.05) is 25.7 Å². The van der Waals surface area contributed by atoms with E-state index in [2.05, 4.69) is 18.7 Å². The van der Waals surface area contributed by atoms with Gasteiger partial charge in [0.25, 0.3) is 0 Å². The summed E-state index contributed by atoms with van der Waals surface area (Å²) in [6.07, 6.45) is 12.0. The maximum Gasteiger partial charge on any atom is 0.0166 e. The van der Waals surface area contributed by atoms with E-state index in [-0.39, 0.29) is 5.54 Å². The van der Waals surface area contributed by atoms with Gasteiger partial charge in [-0.15, -0.1) is 0 Å². The number of nitrogens with two attached hydrogens (primary N) is 1. The van der Waals surface area contributed by atoms with Gasteiger partial charge in [-0.2, -0.15) is 0 Å². The van der Waals surface area contributed by atoms with Crippen molar-refractivity contribution in [2.24, 2.45) is 5.73 Å². The van der Waals surface area contributed by atoms with Crippen LogP contribution in [0.3, 0.4) is 0 Å². The van der Waals surface area contributed by atoms with Crippen LogP contribution in [0.5, 0.6) is 0 Å². The van der Waals surface area contributed by atoms with E-state index in [0.29, 0.717) is 0 Å². The lowest BCUT2D eigenvalue weighted by molar-refractivity contribution is 0.0882. The van der Waals surface area contributed by atoms with Crippen LogP contribution in [0, 0.1) is 0 Å². The fourth-order valence-electron chi connectivity index (χ4n) is 3.77. The standard InChI is InChI=1S/C15H30N2/c1-13-7-6-8-14(2)17(13)12-11-15(16)9-4-3-5-10-15/h13-14H,3-12,16H2,1-2H3. The summed E-state index contributed by atoms with van der Waals surface area (Å²) in [7, 11) is 0. The van der Waals surface area contributed by atoms with E-state index in [1.807, 2.05) is 0 Å². The normalized spacial score (nSPS) is 34.8. The second kappa shape index (κ2) is 5.71. The molecule has 2 nitrogen and oxygen atoms in total. The fourth-order valence-corrected chi connectivity index (χ4v) is 3.77. The van der Waals surface area contributed by atoms with Gasteiger partial charge in [0, 0.05) is 24.2 Å². The van der Waals surface area contributed by atoms with Crippen LogP contribution in [0.2, 0.25) is 0 Å². The van der Waals surface area contributed by atoms with Gasteiger partial charge in [-0.25, -0.2) is 0 Å². The molecule has 0 aromatic rings. The maximum absolute atomic E-state index is 6.54. The smallest absolute Gasteiger partial charge is 0.0166 e. The Bertz CT molecular complexity index is 223. The number of likely N-dealkylation sites (tertiary alicyclic amines) is 1. The number of piperidine rings is 1. The Balaban J connectivity index is 1.83. The highest BCUT2D eigenvalue weighted by molar-refractivity contribution is 4.90. The largest absolute Gasteiger partial charge is 0.325 e. The number of hydrogen-bond donors (Lipinski definition) is 1. The van der Waals surface area contributed by atoms with Crippen molar-refractivity contribution in [3.63, 3.8) is 0 Å². The minimum atomic E-state index is 0.162. The zero-order valence-electron chi connectivity index (χ0n) is 11.8. The van der Waals surface area contributed by atoms with Gasteiger partial charge in [0.05, 0.1) is 0 Å². The average molecular weight is 238 g/mol. The number of hydrogen-bond acceptors (Lipinski definition) is 2. The molecule has 2 fully saturated rings. The SMILES string of the molecule is CC1CCCC(C)N1CCC1(N)CCCCC1. The van der Waals surface area contributed by atoms with Crippen LogP contribution in [0.4, 0.5) is 0 Å². The number of rotatable bonds is 3. The molecular weight excluding hydrogens is 208 g/mol. The molecular formula is C15H30N2. The van der Waals surface area contributed by atoms with Crippen molar-refractivity contribution in [3.8, 4) is 0 Å². The Labute approximate surface area is 107 Å². The molecule has 0 spiro atoms. The van der Waals surface area contributed by atoms with Gasteiger partial charge in [0.2, 0.25) is 0 Å². The first-order valence-corrected chi connectivity index (χ1v) is 7.65. The van der Waals surface area contributed by atoms with Crippen molar-refractivity contribution >= 4 is 0 Å². The molecule has 1 heterocycles. The van der Waals surface area contributed by atoms with Crippen molar-refractivity contribution in [2.45, 2.75) is 89.3 Å². The lowest BCUT2D eigenvalue weighted by Crippen LogP contribution is -2.49. The second-order valence-corrected chi connectivity index (χ2v) is 6.54. The van der Waals surface area contributed by atoms with Gasteiger partial charge in [0.1, 0.15) is 0 Å². The van der Waals surface area contributed by atoms with Crippen LogP contribution in [-0.4, -0.2) is 29.1 Å². The van der Waals surface area contributed by atoms with Gasteiger partial charge in [-0.3, -0.25) is 4.90 Å². The molecule has 2 N–H and O–H groups in total. The van der Waals surface area contributed by atoms with Crippen LogP contribution in [0.15, 0.2) is 0 Å². The molecule has 1 saturated heterocycles. The molecule has 100 valence electrons. The summed E-state index contributed by atoms with van der Waals surface area (Å²) < 4.78 is 0. The Kier molecular flexibility index (Phi) is 4.48. The third-order valence-corrected chi connectivity index (χ3v) is 5.09. The monoisotopic (exact) mass is 238 g/mol. The van der Waals surface area contributed by atoms with Gasteiger partial charge in [0.15, 0.2) is 0 Å². The molecule has 17 heavy (non-hydrogen) atoms. The molecule has 0 amide bonds. The molecule has 2 rings (SSSR count). The van der Waals surface area contributed by atoms with Crippen LogP contribution >= 0.6 is 0 Å². The first-order valence-electron chi connectivity index (χ1n) is 7.65. The minimum Gasteiger partial charge on any atom is -0.325 e. The van der Waals surface area contributed by atoms with Crippen LogP contribution in [-0.2, 0) is 0 Å². The molecule has 2 heteroatoms. The zero-order chi connectivity index (χ0) is 12.3. The van der Waals surface area contributed by atoms with Gasteiger partial charge in [-0.05, 0) is 46.0 Å². The summed E-state index contributed by atoms with van der Waals surface area (Å²) in [5, 5.41) is 0. The summed E-state index contributed by atoms with van der Waals surface area (Å²) in [6.45, 7) is 6.00. The topological polar surface area (TPSA) is 29.3 Å². The molecule has 2 unspecified atom stereocenters. The van der Waals surface area contributed by atoms with E-state index < -0.39 is 0 Å². The molecule has 2 aliphatic rings. The Morgan fingerprint density at radius 1 is 1.00 bits per heavy atom. The number of nitrogens with zero attached hydrogens (tertiary/aromatic N) is 1. The Hall–Kier alpha value is -0.0800. The van der Waals surface area contributed by atoms with Crippen LogP contribution in [0.25, 0.3) is 0 Å². The quantitative estimate of drug-likeness (QED) is 0.817. The van der Waals surface area contributed by atoms with Crippen molar-refractivity contribution in [1.82, 2.24) is 4.90 Å². The predicted molar refractivity (Wildman–Crippen MR) is 74.1 cm³/mol. The predicted octanol–water partition coefficient (Wildman–Crippen LogP) is 3.30. The zero-order valence-corrected chi connectivity index (χ0v) is 11.8. The third kappa shape index (κ3) is 3.45.